The molecular formula is C19H21N3O4. The predicted octanol–water partition coefficient (Wildman–Crippen LogP) is 3.99. The number of rotatable bonds is 3. The maximum atomic E-state index is 12.0. The number of nitro groups is 1. The van der Waals surface area contributed by atoms with Gasteiger partial charge in [0.25, 0.3) is 5.69 Å². The quantitative estimate of drug-likeness (QED) is 0.614. The molecule has 7 heteroatoms. The highest BCUT2D eigenvalue weighted by molar-refractivity contribution is 5.71. The number of benzene rings is 1. The summed E-state index contributed by atoms with van der Waals surface area (Å²) in [5, 5.41) is 11.3. The zero-order valence-electron chi connectivity index (χ0n) is 15.0. The van der Waals surface area contributed by atoms with E-state index in [1.807, 2.05) is 39.0 Å². The lowest BCUT2D eigenvalue weighted by atomic mass is 9.95. The van der Waals surface area contributed by atoms with Crippen LogP contribution in [0, 0.1) is 10.1 Å². The summed E-state index contributed by atoms with van der Waals surface area (Å²) in [5.74, 6) is 0.0470. The van der Waals surface area contributed by atoms with E-state index < -0.39 is 10.5 Å². The van der Waals surface area contributed by atoms with Crippen molar-refractivity contribution < 1.29 is 14.5 Å². The first-order valence-electron chi connectivity index (χ1n) is 8.43. The van der Waals surface area contributed by atoms with Crippen molar-refractivity contribution in [3.05, 3.63) is 58.3 Å². The minimum Gasteiger partial charge on any atom is -0.444 e. The standard InChI is InChI=1S/C19H21N3O4/c1-19(2,3)26-18(23)21-11-14(12-21)15-9-10-16(22(24)25)17(20-15)13-7-5-4-6-8-13/h4-10,14H,11-12H2,1-3H3. The summed E-state index contributed by atoms with van der Waals surface area (Å²) in [4.78, 5) is 29.1. The second-order valence-corrected chi connectivity index (χ2v) is 7.31. The number of hydrogen-bond donors (Lipinski definition) is 0. The Morgan fingerprint density at radius 1 is 1.19 bits per heavy atom. The molecule has 0 bridgehead atoms. The fourth-order valence-corrected chi connectivity index (χ4v) is 2.79. The Labute approximate surface area is 151 Å². The van der Waals surface area contributed by atoms with Gasteiger partial charge in [-0.25, -0.2) is 9.78 Å². The fraction of sp³-hybridized carbons (Fsp3) is 0.368. The predicted molar refractivity (Wildman–Crippen MR) is 96.9 cm³/mol. The molecule has 1 aromatic heterocycles. The minimum absolute atomic E-state index is 0.0247. The maximum absolute atomic E-state index is 12.0. The van der Waals surface area contributed by atoms with Crippen LogP contribution in [0.15, 0.2) is 42.5 Å². The van der Waals surface area contributed by atoms with E-state index >= 15 is 0 Å². The average Bonchev–Trinajstić information content (AvgIpc) is 2.52. The van der Waals surface area contributed by atoms with Crippen LogP contribution in [-0.2, 0) is 4.74 Å². The van der Waals surface area contributed by atoms with E-state index in [4.69, 9.17) is 4.74 Å². The number of hydrogen-bond acceptors (Lipinski definition) is 5. The molecule has 1 saturated heterocycles. The number of nitrogens with zero attached hydrogens (tertiary/aromatic N) is 3. The van der Waals surface area contributed by atoms with Gasteiger partial charge in [0.1, 0.15) is 11.3 Å². The molecule has 0 spiro atoms. The number of pyridine rings is 1. The van der Waals surface area contributed by atoms with Crippen molar-refractivity contribution in [3.8, 4) is 11.3 Å². The van der Waals surface area contributed by atoms with E-state index in [-0.39, 0.29) is 17.7 Å². The SMILES string of the molecule is CC(C)(C)OC(=O)N1CC(c2ccc([N+](=O)[O-])c(-c3ccccc3)n2)C1. The zero-order chi connectivity index (χ0) is 18.9. The Bertz CT molecular complexity index is 824. The molecule has 1 amide bonds. The molecule has 0 saturated carbocycles. The largest absolute Gasteiger partial charge is 0.444 e. The molecule has 3 rings (SSSR count). The van der Waals surface area contributed by atoms with E-state index in [1.54, 1.807) is 23.1 Å². The van der Waals surface area contributed by atoms with Gasteiger partial charge in [0.15, 0.2) is 0 Å². The molecule has 26 heavy (non-hydrogen) atoms. The molecule has 1 aliphatic heterocycles. The van der Waals surface area contributed by atoms with E-state index in [2.05, 4.69) is 4.98 Å². The molecule has 0 N–H and O–H groups in total. The Morgan fingerprint density at radius 3 is 2.42 bits per heavy atom. The summed E-state index contributed by atoms with van der Waals surface area (Å²) in [7, 11) is 0. The summed E-state index contributed by atoms with van der Waals surface area (Å²) in [5.41, 5.74) is 1.24. The maximum Gasteiger partial charge on any atom is 0.410 e. The average molecular weight is 355 g/mol. The molecule has 7 nitrogen and oxygen atoms in total. The third-order valence-corrected chi connectivity index (χ3v) is 4.09. The van der Waals surface area contributed by atoms with Gasteiger partial charge >= 0.3 is 6.09 Å². The summed E-state index contributed by atoms with van der Waals surface area (Å²) in [6.45, 7) is 6.46. The van der Waals surface area contributed by atoms with Gasteiger partial charge in [0.05, 0.1) is 4.92 Å². The molecule has 1 aliphatic rings. The molecule has 2 heterocycles. The normalized spacial score (nSPS) is 14.7. The van der Waals surface area contributed by atoms with Crippen LogP contribution in [0.1, 0.15) is 32.4 Å². The van der Waals surface area contributed by atoms with Crippen LogP contribution in [0.25, 0.3) is 11.3 Å². The van der Waals surface area contributed by atoms with E-state index in [1.165, 1.54) is 6.07 Å². The van der Waals surface area contributed by atoms with Gasteiger partial charge in [-0.2, -0.15) is 0 Å². The topological polar surface area (TPSA) is 85.6 Å². The molecule has 136 valence electrons. The highest BCUT2D eigenvalue weighted by Gasteiger charge is 2.36. The third kappa shape index (κ3) is 3.82. The molecule has 1 aromatic carbocycles. The molecule has 2 aromatic rings. The van der Waals surface area contributed by atoms with Gasteiger partial charge in [-0.3, -0.25) is 10.1 Å². The lowest BCUT2D eigenvalue weighted by Crippen LogP contribution is -2.50. The van der Waals surface area contributed by atoms with Crippen molar-refractivity contribution >= 4 is 11.8 Å². The number of carbonyl (C=O) groups excluding carboxylic acids is 1. The molecule has 0 unspecified atom stereocenters. The van der Waals surface area contributed by atoms with Crippen LogP contribution >= 0.6 is 0 Å². The van der Waals surface area contributed by atoms with Gasteiger partial charge in [0, 0.05) is 36.3 Å². The van der Waals surface area contributed by atoms with E-state index in [0.29, 0.717) is 24.3 Å². The van der Waals surface area contributed by atoms with Crippen molar-refractivity contribution in [2.75, 3.05) is 13.1 Å². The van der Waals surface area contributed by atoms with E-state index in [0.717, 1.165) is 5.69 Å². The first kappa shape index (κ1) is 17.8. The van der Waals surface area contributed by atoms with Crippen molar-refractivity contribution in [2.24, 2.45) is 0 Å². The monoisotopic (exact) mass is 355 g/mol. The van der Waals surface area contributed by atoms with Crippen LogP contribution in [0.2, 0.25) is 0 Å². The number of likely N-dealkylation sites (tertiary alicyclic amines) is 1. The summed E-state index contributed by atoms with van der Waals surface area (Å²) < 4.78 is 5.35. The Hall–Kier alpha value is -2.96. The fourth-order valence-electron chi connectivity index (χ4n) is 2.79. The van der Waals surface area contributed by atoms with Crippen molar-refractivity contribution in [2.45, 2.75) is 32.3 Å². The molecular weight excluding hydrogens is 334 g/mol. The summed E-state index contributed by atoms with van der Waals surface area (Å²) in [6, 6.07) is 12.2. The highest BCUT2D eigenvalue weighted by Crippen LogP contribution is 2.33. The van der Waals surface area contributed by atoms with Gasteiger partial charge in [-0.15, -0.1) is 0 Å². The third-order valence-electron chi connectivity index (χ3n) is 4.09. The first-order chi connectivity index (χ1) is 12.2. The highest BCUT2D eigenvalue weighted by atomic mass is 16.6. The number of aromatic nitrogens is 1. The van der Waals surface area contributed by atoms with Crippen LogP contribution in [0.5, 0.6) is 0 Å². The van der Waals surface area contributed by atoms with Gasteiger partial charge in [0.2, 0.25) is 0 Å². The van der Waals surface area contributed by atoms with Crippen LogP contribution in [0.3, 0.4) is 0 Å². The minimum atomic E-state index is -0.533. The Kier molecular flexibility index (Phi) is 4.63. The summed E-state index contributed by atoms with van der Waals surface area (Å²) >= 11 is 0. The molecule has 0 aliphatic carbocycles. The van der Waals surface area contributed by atoms with Crippen molar-refractivity contribution in [1.82, 2.24) is 9.88 Å². The van der Waals surface area contributed by atoms with Gasteiger partial charge in [-0.1, -0.05) is 30.3 Å². The first-order valence-corrected chi connectivity index (χ1v) is 8.43. The van der Waals surface area contributed by atoms with Crippen molar-refractivity contribution in [3.63, 3.8) is 0 Å². The van der Waals surface area contributed by atoms with E-state index in [9.17, 15) is 14.9 Å². The molecule has 1 fully saturated rings. The van der Waals surface area contributed by atoms with Gasteiger partial charge < -0.3 is 9.64 Å². The zero-order valence-corrected chi connectivity index (χ0v) is 15.0. The van der Waals surface area contributed by atoms with Gasteiger partial charge in [-0.05, 0) is 26.8 Å². The van der Waals surface area contributed by atoms with Crippen molar-refractivity contribution in [1.29, 1.82) is 0 Å². The second-order valence-electron chi connectivity index (χ2n) is 7.31. The number of carbonyl (C=O) groups is 1. The lowest BCUT2D eigenvalue weighted by molar-refractivity contribution is -0.384. The number of amides is 1. The molecule has 0 radical (unpaired) electrons. The smallest absolute Gasteiger partial charge is 0.410 e. The summed E-state index contributed by atoms with van der Waals surface area (Å²) in [6.07, 6.45) is -0.348. The Balaban J connectivity index is 1.79. The van der Waals surface area contributed by atoms with Crippen LogP contribution in [0.4, 0.5) is 10.5 Å². The Morgan fingerprint density at radius 2 is 1.85 bits per heavy atom. The second kappa shape index (κ2) is 6.74. The number of ether oxygens (including phenoxy) is 1. The lowest BCUT2D eigenvalue weighted by Gasteiger charge is -2.39. The molecule has 0 atom stereocenters. The van der Waals surface area contributed by atoms with Crippen LogP contribution < -0.4 is 0 Å². The van der Waals surface area contributed by atoms with Crippen LogP contribution in [-0.4, -0.2) is 39.6 Å².